The van der Waals surface area contributed by atoms with Crippen molar-refractivity contribution in [1.82, 2.24) is 0 Å². The van der Waals surface area contributed by atoms with Gasteiger partial charge in [-0.05, 0) is 71.5 Å². The number of carboxylic acids is 1. The molecular weight excluding hydrogens is 483 g/mol. The van der Waals surface area contributed by atoms with Crippen LogP contribution in [0.4, 0.5) is 20.6 Å². The van der Waals surface area contributed by atoms with Crippen LogP contribution >= 0.6 is 0 Å². The lowest BCUT2D eigenvalue weighted by Gasteiger charge is -2.23. The van der Waals surface area contributed by atoms with Gasteiger partial charge >= 0.3 is 12.0 Å². The Bertz CT molecular complexity index is 1510. The molecule has 0 aliphatic rings. The molecule has 0 radical (unpaired) electrons. The second-order valence-electron chi connectivity index (χ2n) is 9.99. The van der Waals surface area contributed by atoms with Crippen LogP contribution in [0.1, 0.15) is 42.3 Å². The maximum Gasteiger partial charge on any atom is 0.335 e. The lowest BCUT2D eigenvalue weighted by atomic mass is 9.86. The first kappa shape index (κ1) is 26.4. The topological polar surface area (TPSA) is 87.7 Å². The number of carboxylic acid groups (broad SMARTS) is 1. The molecule has 0 unspecified atom stereocenters. The number of hydrogen-bond donors (Lipinski definition) is 3. The SMILES string of the molecule is Cc1ccccc1NC(=O)Nc1cc(-c2cc(F)cc(C(=O)O)c2)ccc1Oc1ccccc1C(C)(C)C. The first-order chi connectivity index (χ1) is 18.0. The molecule has 0 heterocycles. The van der Waals surface area contributed by atoms with Crippen molar-refractivity contribution in [3.8, 4) is 22.6 Å². The minimum Gasteiger partial charge on any atom is -0.478 e. The molecule has 0 spiro atoms. The normalized spacial score (nSPS) is 11.1. The van der Waals surface area contributed by atoms with E-state index >= 15 is 0 Å². The molecule has 2 amide bonds. The summed E-state index contributed by atoms with van der Waals surface area (Å²) in [4.78, 5) is 24.5. The molecule has 0 saturated heterocycles. The standard InChI is InChI=1S/C31H29FN2O4/c1-19-9-5-7-11-25(19)33-30(37)34-26-18-20(21-15-22(29(35)36)17-23(32)16-21)13-14-28(26)38-27-12-8-6-10-24(27)31(2,3)4/h5-18H,1-4H3,(H,35,36)(H2,33,34,37). The number of aryl methyl sites for hydroxylation is 1. The van der Waals surface area contributed by atoms with Gasteiger partial charge in [-0.15, -0.1) is 0 Å². The quantitative estimate of drug-likeness (QED) is 0.243. The van der Waals surface area contributed by atoms with Crippen molar-refractivity contribution < 1.29 is 23.8 Å². The third-order valence-corrected chi connectivity index (χ3v) is 6.01. The first-order valence-corrected chi connectivity index (χ1v) is 12.1. The second kappa shape index (κ2) is 10.8. The number of amides is 2. The van der Waals surface area contributed by atoms with E-state index in [9.17, 15) is 19.1 Å². The highest BCUT2D eigenvalue weighted by Gasteiger charge is 2.20. The summed E-state index contributed by atoms with van der Waals surface area (Å²) >= 11 is 0. The maximum absolute atomic E-state index is 14.2. The molecule has 194 valence electrons. The molecule has 3 N–H and O–H groups in total. The second-order valence-corrected chi connectivity index (χ2v) is 9.99. The summed E-state index contributed by atoms with van der Waals surface area (Å²) < 4.78 is 20.5. The molecule has 7 heteroatoms. The Kier molecular flexibility index (Phi) is 7.48. The van der Waals surface area contributed by atoms with Gasteiger partial charge in [0, 0.05) is 11.3 Å². The molecular formula is C31H29FN2O4. The fourth-order valence-corrected chi connectivity index (χ4v) is 4.06. The van der Waals surface area contributed by atoms with E-state index in [-0.39, 0.29) is 11.0 Å². The van der Waals surface area contributed by atoms with Crippen molar-refractivity contribution in [3.63, 3.8) is 0 Å². The smallest absolute Gasteiger partial charge is 0.335 e. The summed E-state index contributed by atoms with van der Waals surface area (Å²) in [5, 5.41) is 15.0. The minimum absolute atomic E-state index is 0.175. The largest absolute Gasteiger partial charge is 0.478 e. The summed E-state index contributed by atoms with van der Waals surface area (Å²) in [6.45, 7) is 8.13. The van der Waals surface area contributed by atoms with Gasteiger partial charge in [0.2, 0.25) is 0 Å². The zero-order valence-electron chi connectivity index (χ0n) is 21.6. The third-order valence-electron chi connectivity index (χ3n) is 6.01. The molecule has 38 heavy (non-hydrogen) atoms. The third kappa shape index (κ3) is 6.18. The molecule has 0 aliphatic heterocycles. The summed E-state index contributed by atoms with van der Waals surface area (Å²) in [5.41, 5.74) is 3.36. The molecule has 0 saturated carbocycles. The van der Waals surface area contributed by atoms with Gasteiger partial charge in [-0.1, -0.05) is 63.2 Å². The van der Waals surface area contributed by atoms with Crippen molar-refractivity contribution in [3.05, 3.63) is 107 Å². The van der Waals surface area contributed by atoms with E-state index in [0.717, 1.165) is 17.2 Å². The van der Waals surface area contributed by atoms with Crippen molar-refractivity contribution >= 4 is 23.4 Å². The first-order valence-electron chi connectivity index (χ1n) is 12.1. The van der Waals surface area contributed by atoms with Crippen LogP contribution in [0.2, 0.25) is 0 Å². The Balaban J connectivity index is 1.75. The van der Waals surface area contributed by atoms with Crippen molar-refractivity contribution in [2.24, 2.45) is 0 Å². The fourth-order valence-electron chi connectivity index (χ4n) is 4.06. The van der Waals surface area contributed by atoms with Gasteiger partial charge in [0.1, 0.15) is 11.6 Å². The Morgan fingerprint density at radius 1 is 0.789 bits per heavy atom. The minimum atomic E-state index is -1.24. The number of para-hydroxylation sites is 2. The number of carbonyl (C=O) groups excluding carboxylic acids is 1. The Morgan fingerprint density at radius 3 is 2.18 bits per heavy atom. The van der Waals surface area contributed by atoms with Gasteiger partial charge in [0.05, 0.1) is 11.3 Å². The Morgan fingerprint density at radius 2 is 1.47 bits per heavy atom. The molecule has 6 nitrogen and oxygen atoms in total. The van der Waals surface area contributed by atoms with E-state index in [1.54, 1.807) is 24.3 Å². The highest BCUT2D eigenvalue weighted by atomic mass is 19.1. The highest BCUT2D eigenvalue weighted by molar-refractivity contribution is 6.01. The molecule has 4 rings (SSSR count). The Hall–Kier alpha value is -4.65. The van der Waals surface area contributed by atoms with Crippen LogP contribution in [0.25, 0.3) is 11.1 Å². The zero-order valence-corrected chi connectivity index (χ0v) is 21.6. The number of rotatable bonds is 6. The van der Waals surface area contributed by atoms with Crippen LogP contribution in [0.3, 0.4) is 0 Å². The van der Waals surface area contributed by atoms with Gasteiger partial charge in [-0.2, -0.15) is 0 Å². The summed E-state index contributed by atoms with van der Waals surface area (Å²) in [6, 6.07) is 23.1. The lowest BCUT2D eigenvalue weighted by molar-refractivity contribution is 0.0696. The average Bonchev–Trinajstić information content (AvgIpc) is 2.85. The zero-order chi connectivity index (χ0) is 27.4. The number of carbonyl (C=O) groups is 2. The molecule has 4 aromatic rings. The van der Waals surface area contributed by atoms with E-state index in [0.29, 0.717) is 34.0 Å². The van der Waals surface area contributed by atoms with E-state index in [4.69, 9.17) is 4.74 Å². The maximum atomic E-state index is 14.2. The van der Waals surface area contributed by atoms with Gasteiger partial charge in [0.15, 0.2) is 5.75 Å². The van der Waals surface area contributed by atoms with Gasteiger partial charge in [-0.25, -0.2) is 14.0 Å². The highest BCUT2D eigenvalue weighted by Crippen LogP contribution is 2.38. The van der Waals surface area contributed by atoms with Crippen LogP contribution in [0, 0.1) is 12.7 Å². The van der Waals surface area contributed by atoms with Crippen molar-refractivity contribution in [2.75, 3.05) is 10.6 Å². The number of ether oxygens (including phenoxy) is 1. The summed E-state index contributed by atoms with van der Waals surface area (Å²) in [5.74, 6) is -0.902. The summed E-state index contributed by atoms with van der Waals surface area (Å²) in [7, 11) is 0. The monoisotopic (exact) mass is 512 g/mol. The number of hydrogen-bond acceptors (Lipinski definition) is 3. The van der Waals surface area contributed by atoms with E-state index in [1.165, 1.54) is 12.1 Å². The number of nitrogens with one attached hydrogen (secondary N) is 2. The number of anilines is 2. The van der Waals surface area contributed by atoms with E-state index < -0.39 is 17.8 Å². The van der Waals surface area contributed by atoms with Crippen LogP contribution in [0.5, 0.6) is 11.5 Å². The van der Waals surface area contributed by atoms with Crippen LogP contribution in [-0.2, 0) is 5.41 Å². The van der Waals surface area contributed by atoms with E-state index in [1.807, 2.05) is 49.4 Å². The molecule has 0 aliphatic carbocycles. The molecule has 0 bridgehead atoms. The van der Waals surface area contributed by atoms with Crippen LogP contribution < -0.4 is 15.4 Å². The predicted molar refractivity (Wildman–Crippen MR) is 148 cm³/mol. The Labute approximate surface area is 221 Å². The molecule has 0 atom stereocenters. The van der Waals surface area contributed by atoms with Crippen LogP contribution in [-0.4, -0.2) is 17.1 Å². The number of aromatic carboxylic acids is 1. The van der Waals surface area contributed by atoms with Gasteiger partial charge < -0.3 is 20.5 Å². The van der Waals surface area contributed by atoms with Crippen molar-refractivity contribution in [1.29, 1.82) is 0 Å². The number of urea groups is 1. The number of benzene rings is 4. The average molecular weight is 513 g/mol. The molecule has 0 fully saturated rings. The van der Waals surface area contributed by atoms with Crippen molar-refractivity contribution in [2.45, 2.75) is 33.1 Å². The fraction of sp³-hybridized carbons (Fsp3) is 0.161. The lowest BCUT2D eigenvalue weighted by Crippen LogP contribution is -2.20. The van der Waals surface area contributed by atoms with Gasteiger partial charge in [0.25, 0.3) is 0 Å². The van der Waals surface area contributed by atoms with Gasteiger partial charge in [-0.3, -0.25) is 0 Å². The van der Waals surface area contributed by atoms with Crippen LogP contribution in [0.15, 0.2) is 84.9 Å². The summed E-state index contributed by atoms with van der Waals surface area (Å²) in [6.07, 6.45) is 0. The predicted octanol–water partition coefficient (Wildman–Crippen LogP) is 8.23. The molecule has 0 aromatic heterocycles. The molecule has 4 aromatic carbocycles. The number of halogens is 1. The van der Waals surface area contributed by atoms with E-state index in [2.05, 4.69) is 31.4 Å².